The number of aromatic nitrogens is 3. The fourth-order valence-corrected chi connectivity index (χ4v) is 7.61. The molecule has 0 saturated heterocycles. The van der Waals surface area contributed by atoms with Crippen molar-refractivity contribution >= 4 is 28.4 Å². The normalized spacial score (nSPS) is 15.9. The van der Waals surface area contributed by atoms with Crippen LogP contribution in [-0.2, 0) is 0 Å². The van der Waals surface area contributed by atoms with Crippen molar-refractivity contribution in [2.75, 3.05) is 4.90 Å². The van der Waals surface area contributed by atoms with Gasteiger partial charge in [0.15, 0.2) is 17.5 Å². The molecule has 1 aliphatic heterocycles. The highest BCUT2D eigenvalue weighted by molar-refractivity contribution is 5.92. The van der Waals surface area contributed by atoms with Crippen LogP contribution in [0.3, 0.4) is 0 Å². The minimum atomic E-state index is 0.108. The van der Waals surface area contributed by atoms with Gasteiger partial charge in [-0.15, -0.1) is 0 Å². The van der Waals surface area contributed by atoms with Gasteiger partial charge in [-0.05, 0) is 47.0 Å². The van der Waals surface area contributed by atoms with E-state index in [0.717, 1.165) is 33.4 Å². The first-order valence-corrected chi connectivity index (χ1v) is 16.9. The van der Waals surface area contributed by atoms with Crippen LogP contribution in [0.15, 0.2) is 168 Å². The number of hydrogen-bond donors (Lipinski definition) is 0. The van der Waals surface area contributed by atoms with E-state index in [0.29, 0.717) is 17.5 Å². The lowest BCUT2D eigenvalue weighted by molar-refractivity contribution is 0.584. The van der Waals surface area contributed by atoms with E-state index in [4.69, 9.17) is 19.4 Å². The molecule has 50 heavy (non-hydrogen) atoms. The van der Waals surface area contributed by atoms with Crippen molar-refractivity contribution < 1.29 is 4.42 Å². The number of furan rings is 1. The number of nitrogens with zero attached hydrogens (tertiary/aromatic N) is 4. The standard InChI is InChI=1S/C45H30N4O/c1-4-13-29(14-5-1)32-19-12-20-34(27-32)49-37-22-11-10-21-35(37)41-38(49)25-26-39-42(41)36-24-23-33(28-40(36)50-39)45-47-43(30-15-6-2-7-16-30)46-44(48-45)31-17-8-3-9-18-31/h1-28,38,41H. The number of benzene rings is 6. The van der Waals surface area contributed by atoms with Gasteiger partial charge in [0.2, 0.25) is 0 Å². The van der Waals surface area contributed by atoms with Gasteiger partial charge in [0.05, 0.1) is 6.04 Å². The van der Waals surface area contributed by atoms with E-state index in [-0.39, 0.29) is 12.0 Å². The first-order chi connectivity index (χ1) is 24.8. The van der Waals surface area contributed by atoms with Crippen LogP contribution in [0, 0.1) is 0 Å². The Bertz CT molecular complexity index is 2500. The first-order valence-electron chi connectivity index (χ1n) is 16.9. The molecule has 2 aromatic heterocycles. The van der Waals surface area contributed by atoms with Gasteiger partial charge in [-0.3, -0.25) is 0 Å². The maximum absolute atomic E-state index is 6.65. The molecule has 6 aromatic carbocycles. The molecular weight excluding hydrogens is 613 g/mol. The summed E-state index contributed by atoms with van der Waals surface area (Å²) in [6.45, 7) is 0. The summed E-state index contributed by atoms with van der Waals surface area (Å²) in [5, 5.41) is 1.11. The van der Waals surface area contributed by atoms with Gasteiger partial charge in [-0.2, -0.15) is 0 Å². The molecule has 5 nitrogen and oxygen atoms in total. The summed E-state index contributed by atoms with van der Waals surface area (Å²) in [5.74, 6) is 2.90. The molecule has 0 amide bonds. The molecule has 236 valence electrons. The van der Waals surface area contributed by atoms with Crippen LogP contribution < -0.4 is 4.90 Å². The molecule has 0 radical (unpaired) electrons. The molecule has 2 atom stereocenters. The molecule has 5 heteroatoms. The van der Waals surface area contributed by atoms with Crippen molar-refractivity contribution in [2.45, 2.75) is 12.0 Å². The van der Waals surface area contributed by atoms with Gasteiger partial charge in [-0.25, -0.2) is 15.0 Å². The molecular formula is C45H30N4O. The fourth-order valence-electron chi connectivity index (χ4n) is 7.61. The highest BCUT2D eigenvalue weighted by atomic mass is 16.3. The topological polar surface area (TPSA) is 55.1 Å². The Kier molecular flexibility index (Phi) is 6.56. The fraction of sp³-hybridized carbons (Fsp3) is 0.0444. The zero-order valence-corrected chi connectivity index (χ0v) is 27.0. The van der Waals surface area contributed by atoms with Crippen LogP contribution >= 0.6 is 0 Å². The van der Waals surface area contributed by atoms with Crippen molar-refractivity contribution in [2.24, 2.45) is 0 Å². The number of para-hydroxylation sites is 1. The van der Waals surface area contributed by atoms with Gasteiger partial charge in [0, 0.05) is 44.9 Å². The maximum Gasteiger partial charge on any atom is 0.164 e. The summed E-state index contributed by atoms with van der Waals surface area (Å²) in [7, 11) is 0. The third-order valence-electron chi connectivity index (χ3n) is 9.87. The van der Waals surface area contributed by atoms with Gasteiger partial charge in [0.1, 0.15) is 11.3 Å². The Hall–Kier alpha value is -6.59. The van der Waals surface area contributed by atoms with Gasteiger partial charge in [-0.1, -0.05) is 140 Å². The van der Waals surface area contributed by atoms with Crippen molar-refractivity contribution in [3.8, 4) is 45.3 Å². The van der Waals surface area contributed by atoms with Gasteiger partial charge < -0.3 is 9.32 Å². The van der Waals surface area contributed by atoms with E-state index in [1.165, 1.54) is 33.6 Å². The lowest BCUT2D eigenvalue weighted by Crippen LogP contribution is -2.30. The predicted molar refractivity (Wildman–Crippen MR) is 201 cm³/mol. The maximum atomic E-state index is 6.65. The predicted octanol–water partition coefficient (Wildman–Crippen LogP) is 11.0. The van der Waals surface area contributed by atoms with Crippen molar-refractivity contribution in [1.82, 2.24) is 15.0 Å². The molecule has 2 aliphatic rings. The lowest BCUT2D eigenvalue weighted by Gasteiger charge is -2.30. The minimum absolute atomic E-state index is 0.108. The molecule has 0 N–H and O–H groups in total. The SMILES string of the molecule is C1=CC2C(c3ccccc3N2c2cccc(-c3ccccc3)c2)c2c1oc1cc(-c3nc(-c4ccccc4)nc(-c4ccccc4)n3)ccc21. The second-order valence-electron chi connectivity index (χ2n) is 12.8. The number of rotatable bonds is 5. The smallest absolute Gasteiger partial charge is 0.164 e. The van der Waals surface area contributed by atoms with E-state index >= 15 is 0 Å². The third kappa shape index (κ3) is 4.66. The van der Waals surface area contributed by atoms with Crippen LogP contribution in [0.4, 0.5) is 11.4 Å². The zero-order chi connectivity index (χ0) is 33.0. The quantitative estimate of drug-likeness (QED) is 0.187. The second-order valence-corrected chi connectivity index (χ2v) is 12.8. The summed E-state index contributed by atoms with van der Waals surface area (Å²) < 4.78 is 6.65. The Morgan fingerprint density at radius 1 is 0.500 bits per heavy atom. The summed E-state index contributed by atoms with van der Waals surface area (Å²) in [6.07, 6.45) is 4.45. The number of anilines is 2. The molecule has 8 aromatic rings. The summed E-state index contributed by atoms with van der Waals surface area (Å²) in [6, 6.07) is 54.9. The van der Waals surface area contributed by atoms with Crippen molar-refractivity contribution in [3.05, 3.63) is 181 Å². The first kappa shape index (κ1) is 28.4. The van der Waals surface area contributed by atoms with E-state index in [1.54, 1.807) is 0 Å². The Morgan fingerprint density at radius 2 is 1.10 bits per heavy atom. The third-order valence-corrected chi connectivity index (χ3v) is 9.87. The summed E-state index contributed by atoms with van der Waals surface area (Å²) in [4.78, 5) is 17.3. The highest BCUT2D eigenvalue weighted by Gasteiger charge is 2.43. The monoisotopic (exact) mass is 642 g/mol. The molecule has 0 bridgehead atoms. The van der Waals surface area contributed by atoms with E-state index in [1.807, 2.05) is 60.7 Å². The summed E-state index contributed by atoms with van der Waals surface area (Å²) >= 11 is 0. The molecule has 3 heterocycles. The van der Waals surface area contributed by atoms with Crippen LogP contribution in [0.5, 0.6) is 0 Å². The molecule has 0 spiro atoms. The van der Waals surface area contributed by atoms with Gasteiger partial charge in [0.25, 0.3) is 0 Å². The molecule has 1 aliphatic carbocycles. The Morgan fingerprint density at radius 3 is 1.80 bits per heavy atom. The lowest BCUT2D eigenvalue weighted by atomic mass is 9.82. The minimum Gasteiger partial charge on any atom is -0.456 e. The van der Waals surface area contributed by atoms with E-state index in [2.05, 4.69) is 114 Å². The molecule has 2 unspecified atom stereocenters. The highest BCUT2D eigenvalue weighted by Crippen LogP contribution is 2.53. The van der Waals surface area contributed by atoms with Gasteiger partial charge >= 0.3 is 0 Å². The molecule has 10 rings (SSSR count). The van der Waals surface area contributed by atoms with E-state index < -0.39 is 0 Å². The zero-order valence-electron chi connectivity index (χ0n) is 27.0. The van der Waals surface area contributed by atoms with E-state index in [9.17, 15) is 0 Å². The van der Waals surface area contributed by atoms with Crippen molar-refractivity contribution in [1.29, 1.82) is 0 Å². The van der Waals surface area contributed by atoms with Crippen LogP contribution in [-0.4, -0.2) is 21.0 Å². The second kappa shape index (κ2) is 11.5. The Balaban J connectivity index is 1.08. The average molecular weight is 643 g/mol. The van der Waals surface area contributed by atoms with Crippen LogP contribution in [0.1, 0.15) is 22.8 Å². The number of fused-ring (bicyclic) bond motifs is 7. The van der Waals surface area contributed by atoms with Crippen LogP contribution in [0.25, 0.3) is 62.3 Å². The Labute approximate surface area is 289 Å². The largest absolute Gasteiger partial charge is 0.456 e. The summed E-state index contributed by atoms with van der Waals surface area (Å²) in [5.41, 5.74) is 10.9. The number of hydrogen-bond acceptors (Lipinski definition) is 5. The molecule has 0 saturated carbocycles. The molecule has 0 fully saturated rings. The average Bonchev–Trinajstić information content (AvgIpc) is 3.74. The van der Waals surface area contributed by atoms with Crippen molar-refractivity contribution in [3.63, 3.8) is 0 Å². The van der Waals surface area contributed by atoms with Crippen LogP contribution in [0.2, 0.25) is 0 Å².